The van der Waals surface area contributed by atoms with Crippen molar-refractivity contribution in [2.24, 2.45) is 7.05 Å². The van der Waals surface area contributed by atoms with Crippen molar-refractivity contribution < 1.29 is 18.3 Å². The second-order valence-corrected chi connectivity index (χ2v) is 5.69. The van der Waals surface area contributed by atoms with E-state index in [1.807, 2.05) is 0 Å². The van der Waals surface area contributed by atoms with Crippen LogP contribution in [0.1, 0.15) is 22.0 Å². The summed E-state index contributed by atoms with van der Waals surface area (Å²) in [4.78, 5) is 14.4. The lowest BCUT2D eigenvalue weighted by Gasteiger charge is -2.04. The second-order valence-electron chi connectivity index (χ2n) is 3.99. The Bertz CT molecular complexity index is 746. The van der Waals surface area contributed by atoms with Gasteiger partial charge < -0.3 is 5.11 Å². The summed E-state index contributed by atoms with van der Waals surface area (Å²) in [5.41, 5.74) is -0.409. The van der Waals surface area contributed by atoms with Gasteiger partial charge in [-0.3, -0.25) is 9.78 Å². The van der Waals surface area contributed by atoms with Gasteiger partial charge in [0.1, 0.15) is 11.2 Å². The van der Waals surface area contributed by atoms with E-state index in [9.17, 15) is 13.2 Å². The molecule has 0 aliphatic carbocycles. The van der Waals surface area contributed by atoms with Crippen LogP contribution in [0.25, 0.3) is 0 Å². The van der Waals surface area contributed by atoms with Crippen molar-refractivity contribution in [3.63, 3.8) is 0 Å². The van der Waals surface area contributed by atoms with Gasteiger partial charge in [0.15, 0.2) is 11.5 Å². The molecule has 2 aromatic heterocycles. The van der Waals surface area contributed by atoms with Crippen LogP contribution < -0.4 is 4.72 Å². The fraction of sp³-hybridized carbons (Fsp3) is 0.333. The van der Waals surface area contributed by atoms with Crippen LogP contribution in [0.3, 0.4) is 0 Å². The lowest BCUT2D eigenvalue weighted by atomic mass is 10.4. The first-order valence-electron chi connectivity index (χ1n) is 5.43. The van der Waals surface area contributed by atoms with Crippen LogP contribution >= 0.6 is 0 Å². The second kappa shape index (κ2) is 5.02. The molecule has 3 N–H and O–H groups in total. The molecule has 2 heterocycles. The third-order valence-corrected chi connectivity index (χ3v) is 3.99. The summed E-state index contributed by atoms with van der Waals surface area (Å²) in [6.07, 6.45) is 1.43. The fourth-order valence-electron chi connectivity index (χ4n) is 1.59. The molecule has 0 spiro atoms. The summed E-state index contributed by atoms with van der Waals surface area (Å²) in [5, 5.41) is 18.6. The van der Waals surface area contributed by atoms with Crippen LogP contribution in [-0.4, -0.2) is 44.5 Å². The van der Waals surface area contributed by atoms with Gasteiger partial charge in [-0.15, -0.1) is 0 Å². The summed E-state index contributed by atoms with van der Waals surface area (Å²) in [7, 11) is -2.38. The van der Waals surface area contributed by atoms with Crippen molar-refractivity contribution in [2.75, 3.05) is 0 Å². The number of H-pyrrole nitrogens is 1. The lowest BCUT2D eigenvalue weighted by molar-refractivity contribution is 0.0686. The van der Waals surface area contributed by atoms with Gasteiger partial charge in [-0.1, -0.05) is 0 Å². The molecule has 0 atom stereocenters. The van der Waals surface area contributed by atoms with Gasteiger partial charge in [0.05, 0.1) is 12.2 Å². The van der Waals surface area contributed by atoms with E-state index in [0.29, 0.717) is 0 Å². The molecule has 0 amide bonds. The minimum Gasteiger partial charge on any atom is -0.476 e. The van der Waals surface area contributed by atoms with Gasteiger partial charge in [-0.05, 0) is 6.92 Å². The third-order valence-electron chi connectivity index (χ3n) is 2.43. The summed E-state index contributed by atoms with van der Waals surface area (Å²) in [6.45, 7) is 1.28. The maximum absolute atomic E-state index is 12.1. The van der Waals surface area contributed by atoms with E-state index < -0.39 is 21.7 Å². The van der Waals surface area contributed by atoms with E-state index >= 15 is 0 Å². The van der Waals surface area contributed by atoms with Crippen LogP contribution in [0.2, 0.25) is 0 Å². The van der Waals surface area contributed by atoms with Gasteiger partial charge in [0.25, 0.3) is 0 Å². The van der Waals surface area contributed by atoms with Crippen molar-refractivity contribution in [1.29, 1.82) is 0 Å². The molecule has 0 saturated carbocycles. The Kier molecular flexibility index (Phi) is 3.55. The van der Waals surface area contributed by atoms with Gasteiger partial charge in [0.2, 0.25) is 10.0 Å². The summed E-state index contributed by atoms with van der Waals surface area (Å²) < 4.78 is 27.9. The predicted octanol–water partition coefficient (Wildman–Crippen LogP) is -0.977. The van der Waals surface area contributed by atoms with Gasteiger partial charge >= 0.3 is 5.97 Å². The Balaban J connectivity index is 2.27. The average Bonchev–Trinajstić information content (AvgIpc) is 2.93. The van der Waals surface area contributed by atoms with E-state index in [1.165, 1.54) is 17.9 Å². The molecule has 20 heavy (non-hydrogen) atoms. The number of nitrogens with one attached hydrogen (secondary N) is 2. The van der Waals surface area contributed by atoms with E-state index in [-0.39, 0.29) is 23.0 Å². The molecule has 11 heteroatoms. The molecule has 0 aliphatic heterocycles. The fourth-order valence-corrected chi connectivity index (χ4v) is 2.89. The molecule has 0 unspecified atom stereocenters. The summed E-state index contributed by atoms with van der Waals surface area (Å²) in [5.74, 6) is -1.15. The van der Waals surface area contributed by atoms with Crippen molar-refractivity contribution in [1.82, 2.24) is 29.7 Å². The van der Waals surface area contributed by atoms with Crippen LogP contribution in [0.5, 0.6) is 0 Å². The number of aromatic amines is 1. The number of carbonyl (C=O) groups is 1. The molecular formula is C9H12N6O4S. The van der Waals surface area contributed by atoms with Crippen molar-refractivity contribution in [2.45, 2.75) is 18.4 Å². The van der Waals surface area contributed by atoms with Gasteiger partial charge in [-0.2, -0.15) is 10.2 Å². The molecule has 10 nitrogen and oxygen atoms in total. The monoisotopic (exact) mass is 300 g/mol. The molecule has 2 rings (SSSR count). The maximum atomic E-state index is 12.1. The summed E-state index contributed by atoms with van der Waals surface area (Å²) >= 11 is 0. The zero-order chi connectivity index (χ0) is 14.9. The molecule has 0 bridgehead atoms. The van der Waals surface area contributed by atoms with Crippen LogP contribution in [-0.2, 0) is 23.6 Å². The molecule has 0 aromatic carbocycles. The van der Waals surface area contributed by atoms with Gasteiger partial charge in [0, 0.05) is 7.05 Å². The van der Waals surface area contributed by atoms with Crippen LogP contribution in [0.15, 0.2) is 11.2 Å². The topological polar surface area (TPSA) is 143 Å². The predicted molar refractivity (Wildman–Crippen MR) is 65.3 cm³/mol. The number of carboxylic acids is 1. The SMILES string of the molecule is Cc1[nH]nc(C(=O)O)c1S(=O)(=O)NCc1ncn(C)n1. The number of hydrogen-bond donors (Lipinski definition) is 3. The van der Waals surface area contributed by atoms with Gasteiger partial charge in [-0.25, -0.2) is 22.9 Å². The highest BCUT2D eigenvalue weighted by atomic mass is 32.2. The Morgan fingerprint density at radius 1 is 1.55 bits per heavy atom. The van der Waals surface area contributed by atoms with Crippen molar-refractivity contribution >= 4 is 16.0 Å². The normalized spacial score (nSPS) is 11.7. The highest BCUT2D eigenvalue weighted by Gasteiger charge is 2.28. The number of rotatable bonds is 5. The van der Waals surface area contributed by atoms with Crippen LogP contribution in [0, 0.1) is 6.92 Å². The zero-order valence-electron chi connectivity index (χ0n) is 10.7. The Morgan fingerprint density at radius 2 is 2.25 bits per heavy atom. The van der Waals surface area contributed by atoms with Crippen molar-refractivity contribution in [3.8, 4) is 0 Å². The van der Waals surface area contributed by atoms with E-state index in [2.05, 4.69) is 25.0 Å². The van der Waals surface area contributed by atoms with E-state index in [4.69, 9.17) is 5.11 Å². The molecule has 0 fully saturated rings. The molecule has 0 radical (unpaired) electrons. The molecule has 0 saturated heterocycles. The summed E-state index contributed by atoms with van der Waals surface area (Å²) in [6, 6.07) is 0. The first-order chi connectivity index (χ1) is 9.31. The Hall–Kier alpha value is -2.27. The lowest BCUT2D eigenvalue weighted by Crippen LogP contribution is -2.26. The molecule has 2 aromatic rings. The number of sulfonamides is 1. The number of aromatic carboxylic acids is 1. The number of nitrogens with zero attached hydrogens (tertiary/aromatic N) is 4. The third kappa shape index (κ3) is 2.67. The smallest absolute Gasteiger partial charge is 0.357 e. The zero-order valence-corrected chi connectivity index (χ0v) is 11.5. The van der Waals surface area contributed by atoms with Crippen molar-refractivity contribution in [3.05, 3.63) is 23.5 Å². The number of hydrogen-bond acceptors (Lipinski definition) is 6. The first kappa shape index (κ1) is 14.1. The molecule has 0 aliphatic rings. The number of aryl methyl sites for hydroxylation is 2. The largest absolute Gasteiger partial charge is 0.476 e. The minimum atomic E-state index is -4.03. The highest BCUT2D eigenvalue weighted by Crippen LogP contribution is 2.17. The van der Waals surface area contributed by atoms with E-state index in [1.54, 1.807) is 7.05 Å². The quantitative estimate of drug-likeness (QED) is 0.644. The number of aromatic nitrogens is 5. The number of carboxylic acid groups (broad SMARTS) is 1. The molecule has 108 valence electrons. The first-order valence-corrected chi connectivity index (χ1v) is 6.92. The average molecular weight is 300 g/mol. The molecular weight excluding hydrogens is 288 g/mol. The highest BCUT2D eigenvalue weighted by molar-refractivity contribution is 7.89. The van der Waals surface area contributed by atoms with E-state index in [0.717, 1.165) is 0 Å². The maximum Gasteiger partial charge on any atom is 0.357 e. The van der Waals surface area contributed by atoms with Crippen LogP contribution in [0.4, 0.5) is 0 Å². The Morgan fingerprint density at radius 3 is 2.80 bits per heavy atom. The standard InChI is InChI=1S/C9H12N6O4S/c1-5-8(7(9(16)17)13-12-5)20(18,19)11-3-6-10-4-15(2)14-6/h4,11H,3H2,1-2H3,(H,12,13)(H,16,17). The minimum absolute atomic E-state index is 0.142. The Labute approximate surface area is 113 Å².